The first-order valence-electron chi connectivity index (χ1n) is 3.86. The van der Waals surface area contributed by atoms with E-state index in [9.17, 15) is 9.36 Å². The maximum atomic E-state index is 11.2. The molecule has 4 nitrogen and oxygen atoms in total. The van der Waals surface area contributed by atoms with Gasteiger partial charge in [-0.2, -0.15) is 0 Å². The monoisotopic (exact) mass is 193 g/mol. The molecule has 0 saturated carbocycles. The van der Waals surface area contributed by atoms with Gasteiger partial charge in [-0.1, -0.05) is 0 Å². The molecular weight excluding hydrogens is 177 g/mol. The van der Waals surface area contributed by atoms with Gasteiger partial charge < -0.3 is 9.30 Å². The van der Waals surface area contributed by atoms with E-state index in [1.165, 1.54) is 0 Å². The molecule has 1 atom stereocenters. The predicted molar refractivity (Wildman–Crippen MR) is 48.8 cm³/mol. The Morgan fingerprint density at radius 2 is 2.08 bits per heavy atom. The molecule has 0 fully saturated rings. The van der Waals surface area contributed by atoms with Gasteiger partial charge in [0.05, 0.1) is 6.61 Å². The Morgan fingerprint density at radius 3 is 2.42 bits per heavy atom. The van der Waals surface area contributed by atoms with E-state index in [0.29, 0.717) is 6.61 Å². The van der Waals surface area contributed by atoms with Crippen LogP contribution < -0.4 is 5.09 Å². The van der Waals surface area contributed by atoms with Crippen molar-refractivity contribution in [2.45, 2.75) is 26.3 Å². The summed E-state index contributed by atoms with van der Waals surface area (Å²) in [6.45, 7) is 6.93. The molecule has 0 amide bonds. The lowest BCUT2D eigenvalue weighted by atomic mass is 10.1. The van der Waals surface area contributed by atoms with Gasteiger partial charge in [-0.25, -0.2) is 0 Å². The first-order valence-corrected chi connectivity index (χ1v) is 5.77. The Balaban J connectivity index is 4.18. The molecule has 0 aromatic heterocycles. The number of hydrogen-bond donors (Lipinski definition) is 1. The second-order valence-electron chi connectivity index (χ2n) is 3.03. The average Bonchev–Trinajstić information content (AvgIpc) is 1.85. The molecule has 0 spiro atoms. The van der Waals surface area contributed by atoms with Gasteiger partial charge in [0.2, 0.25) is 0 Å². The highest BCUT2D eigenvalue weighted by Crippen LogP contribution is 2.16. The van der Waals surface area contributed by atoms with Gasteiger partial charge in [0.1, 0.15) is 13.5 Å². The maximum absolute atomic E-state index is 11.2. The molecule has 5 heteroatoms. The lowest BCUT2D eigenvalue weighted by Gasteiger charge is -2.22. The van der Waals surface area contributed by atoms with Crippen LogP contribution in [0.25, 0.3) is 0 Å². The highest BCUT2D eigenvalue weighted by atomic mass is 31.1. The number of rotatable bonds is 4. The van der Waals surface area contributed by atoms with E-state index in [2.05, 4.69) is 5.09 Å². The molecule has 0 aromatic carbocycles. The Hall–Kier alpha value is -0.340. The minimum atomic E-state index is -1.85. The number of carbonyl (C=O) groups excluding carboxylic acids is 1. The van der Waals surface area contributed by atoms with Gasteiger partial charge in [0.15, 0.2) is 0 Å². The lowest BCUT2D eigenvalue weighted by molar-refractivity contribution is -0.148. The van der Waals surface area contributed by atoms with Crippen molar-refractivity contribution in [2.24, 2.45) is 0 Å². The Morgan fingerprint density at radius 1 is 1.58 bits per heavy atom. The van der Waals surface area contributed by atoms with Crippen molar-refractivity contribution < 1.29 is 14.1 Å². The van der Waals surface area contributed by atoms with Crippen molar-refractivity contribution >= 4 is 13.9 Å². The van der Waals surface area contributed by atoms with E-state index in [1.807, 2.05) is 0 Å². The second kappa shape index (κ2) is 4.63. The summed E-state index contributed by atoms with van der Waals surface area (Å²) in [5.74, 6) is -0.370. The van der Waals surface area contributed by atoms with Crippen molar-refractivity contribution in [3.63, 3.8) is 0 Å². The highest BCUT2D eigenvalue weighted by Gasteiger charge is 2.29. The smallest absolute Gasteiger partial charge is 0.326 e. The third-order valence-corrected chi connectivity index (χ3v) is 2.25. The van der Waals surface area contributed by atoms with E-state index in [4.69, 9.17) is 4.74 Å². The predicted octanol–water partition coefficient (Wildman–Crippen LogP) is 1.02. The van der Waals surface area contributed by atoms with Crippen molar-refractivity contribution in [2.75, 3.05) is 13.3 Å². The fourth-order valence-corrected chi connectivity index (χ4v) is 1.78. The molecule has 0 heterocycles. The Bertz CT molecular complexity index is 191. The van der Waals surface area contributed by atoms with E-state index in [0.717, 1.165) is 0 Å². The molecule has 0 bridgehead atoms. The normalized spacial score (nSPS) is 14.0. The number of esters is 1. The van der Waals surface area contributed by atoms with E-state index in [-0.39, 0.29) is 5.97 Å². The van der Waals surface area contributed by atoms with Crippen LogP contribution in [0.4, 0.5) is 0 Å². The van der Waals surface area contributed by atoms with Crippen LogP contribution in [-0.4, -0.2) is 24.8 Å². The molecule has 0 saturated heterocycles. The van der Waals surface area contributed by atoms with Crippen molar-refractivity contribution in [1.82, 2.24) is 5.09 Å². The molecule has 0 aliphatic rings. The molecular formula is C7H16NO3P. The zero-order valence-electron chi connectivity index (χ0n) is 7.93. The van der Waals surface area contributed by atoms with Gasteiger partial charge >= 0.3 is 5.97 Å². The fourth-order valence-electron chi connectivity index (χ4n) is 0.803. The van der Waals surface area contributed by atoms with Crippen LogP contribution in [0.15, 0.2) is 0 Å². The second-order valence-corrected chi connectivity index (χ2v) is 4.39. The van der Waals surface area contributed by atoms with E-state index < -0.39 is 13.5 Å². The minimum Gasteiger partial charge on any atom is -0.465 e. The molecule has 0 aliphatic heterocycles. The summed E-state index contributed by atoms with van der Waals surface area (Å²) >= 11 is 0. The molecule has 12 heavy (non-hydrogen) atoms. The summed E-state index contributed by atoms with van der Waals surface area (Å²) in [5.41, 5.74) is -0.846. The largest absolute Gasteiger partial charge is 0.465 e. The van der Waals surface area contributed by atoms with Crippen molar-refractivity contribution in [1.29, 1.82) is 0 Å². The third kappa shape index (κ3) is 3.88. The lowest BCUT2D eigenvalue weighted by Crippen LogP contribution is -2.44. The van der Waals surface area contributed by atoms with Crippen molar-refractivity contribution in [3.05, 3.63) is 0 Å². The third-order valence-electron chi connectivity index (χ3n) is 1.27. The standard InChI is InChI=1S/C7H16NO3P/c1-5-11-6(9)7(2,3)8-12(4)10/h12H,5H2,1-4H3,(H,8,10). The zero-order valence-corrected chi connectivity index (χ0v) is 8.93. The highest BCUT2D eigenvalue weighted by molar-refractivity contribution is 7.41. The summed E-state index contributed by atoms with van der Waals surface area (Å²) < 4.78 is 15.6. The maximum Gasteiger partial charge on any atom is 0.326 e. The van der Waals surface area contributed by atoms with Gasteiger partial charge in [-0.05, 0) is 27.4 Å². The molecule has 1 unspecified atom stereocenters. The summed E-state index contributed by atoms with van der Waals surface area (Å²) in [6.07, 6.45) is 0. The van der Waals surface area contributed by atoms with Gasteiger partial charge in [0, 0.05) is 0 Å². The van der Waals surface area contributed by atoms with Crippen LogP contribution in [-0.2, 0) is 14.1 Å². The average molecular weight is 193 g/mol. The van der Waals surface area contributed by atoms with Gasteiger partial charge in [0.25, 0.3) is 0 Å². The van der Waals surface area contributed by atoms with Crippen LogP contribution in [0, 0.1) is 0 Å². The number of ether oxygens (including phenoxy) is 1. The first kappa shape index (κ1) is 11.7. The number of nitrogens with one attached hydrogen (secondary N) is 1. The summed E-state index contributed by atoms with van der Waals surface area (Å²) in [5, 5.41) is 2.68. The molecule has 0 aromatic rings. The summed E-state index contributed by atoms with van der Waals surface area (Å²) in [4.78, 5) is 11.2. The van der Waals surface area contributed by atoms with Crippen LogP contribution in [0.3, 0.4) is 0 Å². The Labute approximate surface area is 73.5 Å². The number of carbonyl (C=O) groups is 1. The molecule has 72 valence electrons. The van der Waals surface area contributed by atoms with Crippen LogP contribution in [0.5, 0.6) is 0 Å². The van der Waals surface area contributed by atoms with Gasteiger partial charge in [-0.3, -0.25) is 9.88 Å². The molecule has 0 aliphatic carbocycles. The minimum absolute atomic E-state index is 0.342. The van der Waals surface area contributed by atoms with Crippen LogP contribution in [0.1, 0.15) is 20.8 Å². The van der Waals surface area contributed by atoms with Crippen LogP contribution in [0.2, 0.25) is 0 Å². The first-order chi connectivity index (χ1) is 5.40. The number of hydrogen-bond acceptors (Lipinski definition) is 3. The fraction of sp³-hybridized carbons (Fsp3) is 0.857. The van der Waals surface area contributed by atoms with Crippen molar-refractivity contribution in [3.8, 4) is 0 Å². The van der Waals surface area contributed by atoms with E-state index >= 15 is 0 Å². The molecule has 0 rings (SSSR count). The van der Waals surface area contributed by atoms with E-state index in [1.54, 1.807) is 27.4 Å². The summed E-state index contributed by atoms with van der Waals surface area (Å²) in [6, 6.07) is 0. The van der Waals surface area contributed by atoms with Gasteiger partial charge in [-0.15, -0.1) is 0 Å². The van der Waals surface area contributed by atoms with Crippen LogP contribution >= 0.6 is 7.95 Å². The molecule has 1 N–H and O–H groups in total. The SMILES string of the molecule is CCOC(=O)C(C)(C)N[PH](C)=O. The Kier molecular flexibility index (Phi) is 4.50. The molecule has 0 radical (unpaired) electrons. The zero-order chi connectivity index (χ0) is 9.78. The topological polar surface area (TPSA) is 55.4 Å². The summed E-state index contributed by atoms with van der Waals surface area (Å²) in [7, 11) is -1.85. The quantitative estimate of drug-likeness (QED) is 0.535.